The van der Waals surface area contributed by atoms with Crippen molar-refractivity contribution < 1.29 is 9.18 Å². The van der Waals surface area contributed by atoms with Gasteiger partial charge in [0.25, 0.3) is 0 Å². The largest absolute Gasteiger partial charge is 0.325 e. The van der Waals surface area contributed by atoms with Gasteiger partial charge in [-0.3, -0.25) is 19.0 Å². The molecule has 3 aromatic rings. The molecule has 0 aliphatic heterocycles. The maximum absolute atomic E-state index is 13.3. The summed E-state index contributed by atoms with van der Waals surface area (Å²) in [5, 5.41) is 2.66. The van der Waals surface area contributed by atoms with Gasteiger partial charge in [0.05, 0.1) is 11.0 Å². The second-order valence-electron chi connectivity index (χ2n) is 5.42. The van der Waals surface area contributed by atoms with Crippen LogP contribution in [0.15, 0.2) is 52.1 Å². The number of aromatic nitrogens is 2. The molecule has 0 unspecified atom stereocenters. The Hall–Kier alpha value is -3.22. The highest BCUT2D eigenvalue weighted by atomic mass is 19.1. The van der Waals surface area contributed by atoms with Crippen LogP contribution in [0.1, 0.15) is 5.56 Å². The zero-order chi connectivity index (χ0) is 17.3. The molecule has 0 spiro atoms. The summed E-state index contributed by atoms with van der Waals surface area (Å²) in [7, 11) is 0. The van der Waals surface area contributed by atoms with Crippen LogP contribution in [-0.2, 0) is 11.3 Å². The first-order valence-corrected chi connectivity index (χ1v) is 7.23. The number of aromatic amines is 1. The molecule has 0 radical (unpaired) electrons. The van der Waals surface area contributed by atoms with E-state index in [0.29, 0.717) is 5.69 Å². The molecule has 0 fully saturated rings. The van der Waals surface area contributed by atoms with Crippen molar-refractivity contribution in [1.82, 2.24) is 9.55 Å². The van der Waals surface area contributed by atoms with Gasteiger partial charge in [0, 0.05) is 5.69 Å². The van der Waals surface area contributed by atoms with E-state index in [2.05, 4.69) is 10.3 Å². The molecular formula is C17H14FN3O3. The highest BCUT2D eigenvalue weighted by Crippen LogP contribution is 2.11. The van der Waals surface area contributed by atoms with Crippen LogP contribution in [0.4, 0.5) is 10.1 Å². The number of fused-ring (bicyclic) bond motifs is 1. The van der Waals surface area contributed by atoms with Crippen molar-refractivity contribution in [3.8, 4) is 0 Å². The summed E-state index contributed by atoms with van der Waals surface area (Å²) in [4.78, 5) is 38.2. The van der Waals surface area contributed by atoms with Gasteiger partial charge in [-0.15, -0.1) is 0 Å². The molecule has 2 N–H and O–H groups in total. The molecule has 1 heterocycles. The van der Waals surface area contributed by atoms with Crippen molar-refractivity contribution in [2.75, 3.05) is 5.32 Å². The van der Waals surface area contributed by atoms with Crippen molar-refractivity contribution in [3.05, 3.63) is 74.6 Å². The summed E-state index contributed by atoms with van der Waals surface area (Å²) >= 11 is 0. The van der Waals surface area contributed by atoms with Crippen molar-refractivity contribution in [3.63, 3.8) is 0 Å². The molecule has 0 saturated heterocycles. The van der Waals surface area contributed by atoms with Gasteiger partial charge in [0.15, 0.2) is 0 Å². The van der Waals surface area contributed by atoms with Gasteiger partial charge in [-0.2, -0.15) is 0 Å². The molecule has 0 atom stereocenters. The van der Waals surface area contributed by atoms with E-state index < -0.39 is 22.8 Å². The van der Waals surface area contributed by atoms with E-state index in [1.807, 2.05) is 19.1 Å². The number of anilines is 1. The molecule has 0 saturated carbocycles. The van der Waals surface area contributed by atoms with Crippen LogP contribution in [0.25, 0.3) is 11.0 Å². The quantitative estimate of drug-likeness (QED) is 0.719. The van der Waals surface area contributed by atoms with E-state index in [4.69, 9.17) is 0 Å². The van der Waals surface area contributed by atoms with E-state index in [0.717, 1.165) is 22.3 Å². The SMILES string of the molecule is Cc1ccc(NC(=O)Cn2c(=O)c(=O)[nH]c3cc(F)ccc32)cc1. The lowest BCUT2D eigenvalue weighted by Gasteiger charge is -2.10. The molecule has 1 aromatic heterocycles. The van der Waals surface area contributed by atoms with Crippen LogP contribution >= 0.6 is 0 Å². The Morgan fingerprint density at radius 3 is 2.58 bits per heavy atom. The Morgan fingerprint density at radius 1 is 1.17 bits per heavy atom. The Morgan fingerprint density at radius 2 is 1.88 bits per heavy atom. The first-order chi connectivity index (χ1) is 11.4. The third kappa shape index (κ3) is 3.10. The van der Waals surface area contributed by atoms with Gasteiger partial charge in [0.2, 0.25) is 5.91 Å². The fourth-order valence-corrected chi connectivity index (χ4v) is 2.39. The maximum Gasteiger partial charge on any atom is 0.317 e. The molecule has 2 aromatic carbocycles. The zero-order valence-corrected chi connectivity index (χ0v) is 12.8. The van der Waals surface area contributed by atoms with Crippen molar-refractivity contribution in [2.24, 2.45) is 0 Å². The van der Waals surface area contributed by atoms with Crippen LogP contribution in [0.3, 0.4) is 0 Å². The number of halogens is 1. The van der Waals surface area contributed by atoms with Crippen molar-refractivity contribution in [2.45, 2.75) is 13.5 Å². The summed E-state index contributed by atoms with van der Waals surface area (Å²) in [6.07, 6.45) is 0. The van der Waals surface area contributed by atoms with Crippen LogP contribution in [0, 0.1) is 12.7 Å². The van der Waals surface area contributed by atoms with Gasteiger partial charge in [-0.05, 0) is 37.3 Å². The minimum atomic E-state index is -0.906. The van der Waals surface area contributed by atoms with Gasteiger partial charge < -0.3 is 10.3 Å². The lowest BCUT2D eigenvalue weighted by atomic mass is 10.2. The number of carbonyl (C=O) groups excluding carboxylic acids is 1. The lowest BCUT2D eigenvalue weighted by Crippen LogP contribution is -2.38. The monoisotopic (exact) mass is 327 g/mol. The predicted molar refractivity (Wildman–Crippen MR) is 88.6 cm³/mol. The topological polar surface area (TPSA) is 84.0 Å². The molecule has 3 rings (SSSR count). The van der Waals surface area contributed by atoms with Gasteiger partial charge in [-0.25, -0.2) is 4.39 Å². The first-order valence-electron chi connectivity index (χ1n) is 7.23. The van der Waals surface area contributed by atoms with Gasteiger partial charge >= 0.3 is 11.1 Å². The second kappa shape index (κ2) is 6.11. The molecular weight excluding hydrogens is 313 g/mol. The van der Waals surface area contributed by atoms with Gasteiger partial charge in [-0.1, -0.05) is 17.7 Å². The van der Waals surface area contributed by atoms with Crippen LogP contribution < -0.4 is 16.4 Å². The molecule has 1 amide bonds. The Kier molecular flexibility index (Phi) is 3.99. The average Bonchev–Trinajstić information content (AvgIpc) is 2.54. The van der Waals surface area contributed by atoms with Crippen LogP contribution in [-0.4, -0.2) is 15.5 Å². The highest BCUT2D eigenvalue weighted by molar-refractivity contribution is 5.91. The highest BCUT2D eigenvalue weighted by Gasteiger charge is 2.12. The fourth-order valence-electron chi connectivity index (χ4n) is 2.39. The normalized spacial score (nSPS) is 10.8. The average molecular weight is 327 g/mol. The van der Waals surface area contributed by atoms with E-state index in [1.54, 1.807) is 12.1 Å². The standard InChI is InChI=1S/C17H14FN3O3/c1-10-2-5-12(6-3-10)19-15(22)9-21-14-7-4-11(18)8-13(14)20-16(23)17(21)24/h2-8H,9H2,1H3,(H,19,22)(H,20,23). The third-order valence-corrected chi connectivity index (χ3v) is 3.57. The second-order valence-corrected chi connectivity index (χ2v) is 5.42. The van der Waals surface area contributed by atoms with Crippen molar-refractivity contribution >= 4 is 22.6 Å². The number of rotatable bonds is 3. The Balaban J connectivity index is 1.95. The number of H-pyrrole nitrogens is 1. The van der Waals surface area contributed by atoms with E-state index >= 15 is 0 Å². The number of benzene rings is 2. The number of carbonyl (C=O) groups is 1. The molecule has 122 valence electrons. The third-order valence-electron chi connectivity index (χ3n) is 3.57. The lowest BCUT2D eigenvalue weighted by molar-refractivity contribution is -0.116. The molecule has 0 aliphatic rings. The number of nitrogens with zero attached hydrogens (tertiary/aromatic N) is 1. The molecule has 0 aliphatic carbocycles. The maximum atomic E-state index is 13.3. The minimum Gasteiger partial charge on any atom is -0.325 e. The number of nitrogens with one attached hydrogen (secondary N) is 2. The number of amides is 1. The summed E-state index contributed by atoms with van der Waals surface area (Å²) < 4.78 is 14.3. The Bertz CT molecular complexity index is 1040. The summed E-state index contributed by atoms with van der Waals surface area (Å²) in [5.41, 5.74) is 0.290. The van der Waals surface area contributed by atoms with Crippen molar-refractivity contribution in [1.29, 1.82) is 0 Å². The number of aryl methyl sites for hydroxylation is 1. The summed E-state index contributed by atoms with van der Waals surface area (Å²) in [6.45, 7) is 1.57. The van der Waals surface area contributed by atoms with Crippen LogP contribution in [0.5, 0.6) is 0 Å². The Labute approximate surface area is 135 Å². The van der Waals surface area contributed by atoms with E-state index in [9.17, 15) is 18.8 Å². The molecule has 7 heteroatoms. The summed E-state index contributed by atoms with van der Waals surface area (Å²) in [5.74, 6) is -1.01. The predicted octanol–water partition coefficient (Wildman–Crippen LogP) is 1.78. The smallest absolute Gasteiger partial charge is 0.317 e. The minimum absolute atomic E-state index is 0.155. The molecule has 0 bridgehead atoms. The van der Waals surface area contributed by atoms with E-state index in [-0.39, 0.29) is 17.6 Å². The number of hydrogen-bond donors (Lipinski definition) is 2. The molecule has 24 heavy (non-hydrogen) atoms. The van der Waals surface area contributed by atoms with Gasteiger partial charge in [0.1, 0.15) is 12.4 Å². The number of hydrogen-bond acceptors (Lipinski definition) is 3. The van der Waals surface area contributed by atoms with E-state index in [1.165, 1.54) is 6.07 Å². The summed E-state index contributed by atoms with van der Waals surface area (Å²) in [6, 6.07) is 10.8. The first kappa shape index (κ1) is 15.7. The fraction of sp³-hybridized carbons (Fsp3) is 0.118. The zero-order valence-electron chi connectivity index (χ0n) is 12.8. The van der Waals surface area contributed by atoms with Crippen LogP contribution in [0.2, 0.25) is 0 Å². The molecule has 6 nitrogen and oxygen atoms in total.